The van der Waals surface area contributed by atoms with Crippen molar-refractivity contribution in [2.45, 2.75) is 71.0 Å². The first kappa shape index (κ1) is 30.9. The smallest absolute Gasteiger partial charge is 0.268 e. The average Bonchev–Trinajstić information content (AvgIpc) is 1.40. The minimum absolute atomic E-state index is 0. The molecule has 0 unspecified atom stereocenters. The molecule has 7 heteroatoms. The normalized spacial score (nSPS) is 18.0. The summed E-state index contributed by atoms with van der Waals surface area (Å²) in [4.78, 5) is 4.87. The molecule has 9 aromatic carbocycles. The molecule has 0 radical (unpaired) electrons. The zero-order valence-electron chi connectivity index (χ0n) is 65.4. The van der Waals surface area contributed by atoms with Crippen LogP contribution < -0.4 is 30.1 Å². The van der Waals surface area contributed by atoms with Crippen LogP contribution in [-0.2, 0) is 26.5 Å². The molecule has 1 aliphatic rings. The molecule has 0 N–H and O–H groups in total. The molecule has 386 valence electrons. The predicted molar refractivity (Wildman–Crippen MR) is 318 cm³/mol. The van der Waals surface area contributed by atoms with Crippen LogP contribution in [0.2, 0.25) is 0 Å². The van der Waals surface area contributed by atoms with Crippen molar-refractivity contribution >= 4 is 61.7 Å². The van der Waals surface area contributed by atoms with Crippen LogP contribution in [0.5, 0.6) is 11.5 Å². The molecule has 3 heterocycles. The molecule has 0 saturated heterocycles. The van der Waals surface area contributed by atoms with Gasteiger partial charge in [0, 0.05) is 49.8 Å². The van der Waals surface area contributed by atoms with Crippen molar-refractivity contribution in [1.29, 1.82) is 0 Å². The van der Waals surface area contributed by atoms with E-state index in [1.807, 2.05) is 61.7 Å². The largest absolute Gasteiger partial charge is 0.510 e. The average molecular weight is 1230 g/mol. The Morgan fingerprint density at radius 3 is 2.03 bits per heavy atom. The van der Waals surface area contributed by atoms with Crippen molar-refractivity contribution < 1.29 is 61.9 Å². The second kappa shape index (κ2) is 21.2. The number of aromatic nitrogens is 4. The summed E-state index contributed by atoms with van der Waals surface area (Å²) in [5.41, 5.74) is 2.52. The van der Waals surface area contributed by atoms with Crippen LogP contribution in [0.15, 0.2) is 224 Å². The van der Waals surface area contributed by atoms with Crippen LogP contribution >= 0.6 is 0 Å². The van der Waals surface area contributed by atoms with E-state index in [1.54, 1.807) is 76.0 Å². The van der Waals surface area contributed by atoms with E-state index in [4.69, 9.17) is 26.2 Å². The quantitative estimate of drug-likeness (QED) is 0.0560. The Kier molecular flexibility index (Phi) is 8.38. The molecule has 5 nitrogen and oxygen atoms in total. The van der Waals surface area contributed by atoms with Crippen molar-refractivity contribution in [3.05, 3.63) is 259 Å². The standard InChI is InChI=1S/C71H60N4OSi.Pt/c1-50-44-69(72-48-63(50)51-24-9-5-10-25-51)75-65-39-18-17-36-61(65)62-43-42-55(47-68(62)75)76-54-28-22-27-53(46-54)73-49-74(67-41-20-19-40-66(67)73)70-60(37-23-38-64(70)71(2,3)4)52-26-21-35-59(45-52)77(56-29-11-6-12-30-56,57-31-13-7-14-32-57)58-33-15-8-16-34-58;/h6-8,11-23,26-45,48,51H,5,9-10,24-25H2,1-4H3;/q-2;/i1D3,6D,7D,8D,11D,12D,13D,14D,15D,16D,21D,26D,29D,30D,31D,32D,33D,34D,35D,45D,51D;. The first-order valence-corrected chi connectivity index (χ1v) is 27.3. The van der Waals surface area contributed by atoms with Crippen LogP contribution in [0.4, 0.5) is 0 Å². The van der Waals surface area contributed by atoms with Crippen LogP contribution in [-0.4, -0.2) is 22.2 Å². The maximum absolute atomic E-state index is 10.7. The number of imidazole rings is 1. The third-order valence-electron chi connectivity index (χ3n) is 14.3. The zero-order valence-corrected chi connectivity index (χ0v) is 45.7. The van der Waals surface area contributed by atoms with Gasteiger partial charge in [-0.15, -0.1) is 29.7 Å². The number of hydrogen-bond acceptors (Lipinski definition) is 2. The van der Waals surface area contributed by atoms with Crippen LogP contribution in [0, 0.1) is 25.3 Å². The van der Waals surface area contributed by atoms with E-state index >= 15 is 0 Å². The van der Waals surface area contributed by atoms with E-state index < -0.39 is 167 Å². The molecule has 13 rings (SSSR count). The summed E-state index contributed by atoms with van der Waals surface area (Å²) >= 11 is 0. The van der Waals surface area contributed by atoms with Gasteiger partial charge in [0.25, 0.3) is 6.33 Å². The topological polar surface area (TPSA) is 35.9 Å². The fraction of sp³-hybridized carbons (Fsp3) is 0.155. The Morgan fingerprint density at radius 1 is 0.667 bits per heavy atom. The van der Waals surface area contributed by atoms with E-state index in [-0.39, 0.29) is 49.4 Å². The number of hydrogen-bond donors (Lipinski definition) is 0. The van der Waals surface area contributed by atoms with Gasteiger partial charge >= 0.3 is 0 Å². The molecule has 0 bridgehead atoms. The fourth-order valence-electron chi connectivity index (χ4n) is 10.7. The van der Waals surface area contributed by atoms with Crippen LogP contribution in [0.1, 0.15) is 107 Å². The molecule has 0 spiro atoms. The Hall–Kier alpha value is -7.89. The summed E-state index contributed by atoms with van der Waals surface area (Å²) in [6.45, 7) is 3.14. The maximum atomic E-state index is 10.7. The summed E-state index contributed by atoms with van der Waals surface area (Å²) in [5, 5.41) is -2.14. The van der Waals surface area contributed by atoms with Crippen molar-refractivity contribution in [1.82, 2.24) is 14.1 Å². The molecule has 1 fully saturated rings. The van der Waals surface area contributed by atoms with Gasteiger partial charge in [0.15, 0.2) is 8.07 Å². The Bertz CT molecular complexity index is 5210. The number of ether oxygens (including phenoxy) is 1. The molecule has 1 saturated carbocycles. The van der Waals surface area contributed by atoms with Gasteiger partial charge in [-0.25, -0.2) is 4.98 Å². The number of benzene rings is 9. The van der Waals surface area contributed by atoms with Gasteiger partial charge in [0.05, 0.1) is 42.8 Å². The monoisotopic (exact) mass is 1230 g/mol. The van der Waals surface area contributed by atoms with Crippen molar-refractivity contribution in [2.24, 2.45) is 0 Å². The number of pyridine rings is 1. The van der Waals surface area contributed by atoms with Gasteiger partial charge in [-0.2, -0.15) is 18.2 Å². The summed E-state index contributed by atoms with van der Waals surface area (Å²) in [5.74, 6) is -0.302. The summed E-state index contributed by atoms with van der Waals surface area (Å²) in [6, 6.07) is 17.1. The van der Waals surface area contributed by atoms with E-state index in [9.17, 15) is 15.1 Å². The molecule has 78 heavy (non-hydrogen) atoms. The third-order valence-corrected chi connectivity index (χ3v) is 18.3. The van der Waals surface area contributed by atoms with Crippen molar-refractivity contribution in [3.63, 3.8) is 0 Å². The van der Waals surface area contributed by atoms with E-state index in [0.29, 0.717) is 52.0 Å². The maximum Gasteiger partial charge on any atom is 0.268 e. The van der Waals surface area contributed by atoms with E-state index in [1.165, 1.54) is 6.07 Å². The Balaban J connectivity index is 0.00000965. The molecule has 12 aromatic rings. The minimum Gasteiger partial charge on any atom is -0.510 e. The van der Waals surface area contributed by atoms with Crippen LogP contribution in [0.3, 0.4) is 0 Å². The molecule has 0 amide bonds. The summed E-state index contributed by atoms with van der Waals surface area (Å²) in [6.07, 6.45) is 8.66. The van der Waals surface area contributed by atoms with Gasteiger partial charge in [-0.3, -0.25) is 4.57 Å². The second-order valence-electron chi connectivity index (χ2n) is 19.9. The van der Waals surface area contributed by atoms with Gasteiger partial charge in [0.2, 0.25) is 0 Å². The molecule has 0 atom stereocenters. The molecule has 0 aliphatic heterocycles. The predicted octanol–water partition coefficient (Wildman–Crippen LogP) is 14.3. The first-order valence-electron chi connectivity index (χ1n) is 36.8. The summed E-state index contributed by atoms with van der Waals surface area (Å²) in [7, 11) is -6.19. The van der Waals surface area contributed by atoms with Crippen molar-refractivity contribution in [2.75, 3.05) is 0 Å². The summed E-state index contributed by atoms with van der Waals surface area (Å²) < 4.78 is 226. The number of para-hydroxylation sites is 4. The fourth-order valence-corrected chi connectivity index (χ4v) is 14.3. The zero-order chi connectivity index (χ0) is 72.0. The number of fused-ring (bicyclic) bond motifs is 4. The van der Waals surface area contributed by atoms with Crippen molar-refractivity contribution in [3.8, 4) is 39.8 Å². The Labute approximate surface area is 506 Å². The van der Waals surface area contributed by atoms with E-state index in [0.717, 1.165) is 35.6 Å². The minimum atomic E-state index is -6.19. The molecule has 3 aromatic heterocycles. The van der Waals surface area contributed by atoms with Gasteiger partial charge < -0.3 is 13.9 Å². The second-order valence-corrected chi connectivity index (χ2v) is 23.4. The first-order chi connectivity index (χ1) is 47.2. The number of aryl methyl sites for hydroxylation is 1. The SMILES string of the molecule is [2H]c1c([2H])c([2H])c([Si](c2c([2H])c([2H])c([2H])c([2H])c2[2H])(c2c([2H])c([2H])c([2H])c([2H])c2[2H])c2c([2H])c([2H])c([2H])c(-c3cccc(C(C)(C)C)c3-[n+]3[c-]n(-c4[c-]c(Oc5[c-]c6c(cc5)c5ccccc5n6-c5cc(C([2H])([2H])[2H])c(C6([2H])CCCCC6)cn5)ccc4)c4ccccc43)c2[2H])c([2H])c1[2H].[Pt]. The third kappa shape index (κ3) is 9.05. The number of rotatable bonds is 11. The molecular formula is C71H60N4OPtSi-2. The number of nitrogens with zero attached hydrogens (tertiary/aromatic N) is 4. The van der Waals surface area contributed by atoms with Gasteiger partial charge in [-0.1, -0.05) is 221 Å². The molecule has 1 aliphatic carbocycles. The van der Waals surface area contributed by atoms with Crippen LogP contribution in [0.25, 0.3) is 61.2 Å². The van der Waals surface area contributed by atoms with E-state index in [2.05, 4.69) is 18.5 Å². The Morgan fingerprint density at radius 2 is 1.32 bits per heavy atom. The van der Waals surface area contributed by atoms with Gasteiger partial charge in [-0.05, 0) is 103 Å². The molecular weight excluding hydrogens is 1150 g/mol. The van der Waals surface area contributed by atoms with Gasteiger partial charge in [0.1, 0.15) is 5.82 Å².